The number of phenolic OH excluding ortho intramolecular Hbond substituents is 2. The van der Waals surface area contributed by atoms with Gasteiger partial charge in [-0.15, -0.1) is 0 Å². The van der Waals surface area contributed by atoms with Crippen LogP contribution < -0.4 is 0 Å². The smallest absolute Gasteiger partial charge is 0.310 e. The highest BCUT2D eigenvalue weighted by Crippen LogP contribution is 2.40. The molecule has 0 radical (unpaired) electrons. The van der Waals surface area contributed by atoms with Crippen molar-refractivity contribution in [3.8, 4) is 11.5 Å². The molecule has 0 aromatic heterocycles. The Balaban J connectivity index is 3.42. The highest BCUT2D eigenvalue weighted by atomic mass is 35.5. The summed E-state index contributed by atoms with van der Waals surface area (Å²) in [5.74, 6) is -2.70. The molecular weight excluding hydrogens is 220 g/mol. The number of aryl methyl sites for hydroxylation is 1. The summed E-state index contributed by atoms with van der Waals surface area (Å²) in [7, 11) is 0. The zero-order valence-corrected chi connectivity index (χ0v) is 9.04. The summed E-state index contributed by atoms with van der Waals surface area (Å²) in [6.45, 7) is 3.09. The Labute approximate surface area is 91.7 Å². The van der Waals surface area contributed by atoms with E-state index in [2.05, 4.69) is 0 Å². The minimum Gasteiger partial charge on any atom is -0.504 e. The molecule has 1 rings (SSSR count). The number of carboxylic acids is 1. The van der Waals surface area contributed by atoms with Crippen LogP contribution in [-0.2, 0) is 4.79 Å². The summed E-state index contributed by atoms with van der Waals surface area (Å²) in [4.78, 5) is 10.8. The van der Waals surface area contributed by atoms with Gasteiger partial charge >= 0.3 is 5.97 Å². The van der Waals surface area contributed by atoms with Crippen LogP contribution in [0.4, 0.5) is 0 Å². The molecule has 0 aliphatic rings. The molecule has 1 aromatic rings. The number of hydrogen-bond acceptors (Lipinski definition) is 3. The minimum absolute atomic E-state index is 0.109. The second kappa shape index (κ2) is 3.98. The average molecular weight is 231 g/mol. The van der Waals surface area contributed by atoms with Crippen molar-refractivity contribution in [1.82, 2.24) is 0 Å². The predicted molar refractivity (Wildman–Crippen MR) is 55.6 cm³/mol. The van der Waals surface area contributed by atoms with Crippen molar-refractivity contribution in [3.63, 3.8) is 0 Å². The van der Waals surface area contributed by atoms with Gasteiger partial charge in [-0.3, -0.25) is 4.79 Å². The third kappa shape index (κ3) is 1.99. The quantitative estimate of drug-likeness (QED) is 0.681. The largest absolute Gasteiger partial charge is 0.504 e. The lowest BCUT2D eigenvalue weighted by Crippen LogP contribution is -2.09. The van der Waals surface area contributed by atoms with E-state index in [1.807, 2.05) is 0 Å². The van der Waals surface area contributed by atoms with Gasteiger partial charge in [0.25, 0.3) is 0 Å². The molecule has 0 aliphatic heterocycles. The Morgan fingerprint density at radius 3 is 2.47 bits per heavy atom. The fraction of sp³-hybridized carbons (Fsp3) is 0.300. The van der Waals surface area contributed by atoms with Crippen LogP contribution in [0.15, 0.2) is 6.07 Å². The van der Waals surface area contributed by atoms with Gasteiger partial charge in [0.05, 0.1) is 10.9 Å². The number of halogens is 1. The third-order valence-electron chi connectivity index (χ3n) is 2.27. The summed E-state index contributed by atoms with van der Waals surface area (Å²) < 4.78 is 0. The molecule has 1 unspecified atom stereocenters. The standard InChI is InChI=1S/C10H11ClO4/c1-4-3-6(12)9(13)8(11)7(4)5(2)10(14)15/h3,5,12-13H,1-2H3,(H,14,15). The van der Waals surface area contributed by atoms with Crippen LogP contribution in [0, 0.1) is 6.92 Å². The van der Waals surface area contributed by atoms with E-state index in [0.29, 0.717) is 11.1 Å². The van der Waals surface area contributed by atoms with Crippen LogP contribution in [0.2, 0.25) is 5.02 Å². The molecule has 82 valence electrons. The molecule has 15 heavy (non-hydrogen) atoms. The van der Waals surface area contributed by atoms with E-state index < -0.39 is 17.6 Å². The number of aliphatic carboxylic acids is 1. The fourth-order valence-electron chi connectivity index (χ4n) is 1.42. The summed E-state index contributed by atoms with van der Waals surface area (Å²) in [5.41, 5.74) is 0.852. The maximum atomic E-state index is 10.8. The molecule has 0 spiro atoms. The molecule has 0 saturated carbocycles. The first-order chi connectivity index (χ1) is 6.86. The normalized spacial score (nSPS) is 12.5. The Hall–Kier alpha value is -1.42. The van der Waals surface area contributed by atoms with Gasteiger partial charge in [0.1, 0.15) is 0 Å². The van der Waals surface area contributed by atoms with Gasteiger partial charge in [0.2, 0.25) is 0 Å². The summed E-state index contributed by atoms with van der Waals surface area (Å²) in [6.07, 6.45) is 0. The molecule has 0 saturated heterocycles. The van der Waals surface area contributed by atoms with Crippen LogP contribution in [0.3, 0.4) is 0 Å². The van der Waals surface area contributed by atoms with Gasteiger partial charge in [0.15, 0.2) is 11.5 Å². The van der Waals surface area contributed by atoms with Gasteiger partial charge in [-0.2, -0.15) is 0 Å². The number of phenols is 2. The second-order valence-corrected chi connectivity index (χ2v) is 3.73. The minimum atomic E-state index is -1.04. The molecule has 0 amide bonds. The monoisotopic (exact) mass is 230 g/mol. The van der Waals surface area contributed by atoms with Gasteiger partial charge < -0.3 is 15.3 Å². The van der Waals surface area contributed by atoms with E-state index in [0.717, 1.165) is 0 Å². The van der Waals surface area contributed by atoms with E-state index in [4.69, 9.17) is 16.7 Å². The zero-order valence-electron chi connectivity index (χ0n) is 8.28. The zero-order chi connectivity index (χ0) is 11.7. The molecule has 1 aromatic carbocycles. The van der Waals surface area contributed by atoms with E-state index >= 15 is 0 Å². The first kappa shape index (κ1) is 11.7. The van der Waals surface area contributed by atoms with Crippen molar-refractivity contribution >= 4 is 17.6 Å². The Kier molecular flexibility index (Phi) is 3.09. The summed E-state index contributed by atoms with van der Waals surface area (Å²) in [6, 6.07) is 1.29. The van der Waals surface area contributed by atoms with Crippen LogP contribution >= 0.6 is 11.6 Å². The van der Waals surface area contributed by atoms with Gasteiger partial charge in [-0.25, -0.2) is 0 Å². The average Bonchev–Trinajstić information content (AvgIpc) is 2.14. The lowest BCUT2D eigenvalue weighted by atomic mass is 9.96. The predicted octanol–water partition coefficient (Wildman–Crippen LogP) is 2.25. The van der Waals surface area contributed by atoms with Crippen LogP contribution in [-0.4, -0.2) is 21.3 Å². The molecule has 0 aliphatic carbocycles. The Bertz CT molecular complexity index is 414. The van der Waals surface area contributed by atoms with E-state index in [1.54, 1.807) is 6.92 Å². The van der Waals surface area contributed by atoms with Crippen LogP contribution in [0.5, 0.6) is 11.5 Å². The van der Waals surface area contributed by atoms with E-state index in [-0.39, 0.29) is 10.8 Å². The van der Waals surface area contributed by atoms with Gasteiger partial charge in [-0.05, 0) is 31.0 Å². The number of hydrogen-bond donors (Lipinski definition) is 3. The third-order valence-corrected chi connectivity index (χ3v) is 2.65. The van der Waals surface area contributed by atoms with Crippen molar-refractivity contribution in [3.05, 3.63) is 22.2 Å². The van der Waals surface area contributed by atoms with Crippen molar-refractivity contribution in [2.75, 3.05) is 0 Å². The molecular formula is C10H11ClO4. The molecule has 4 nitrogen and oxygen atoms in total. The van der Waals surface area contributed by atoms with E-state index in [1.165, 1.54) is 13.0 Å². The first-order valence-electron chi connectivity index (χ1n) is 4.30. The molecule has 0 heterocycles. The van der Waals surface area contributed by atoms with Crippen molar-refractivity contribution in [2.45, 2.75) is 19.8 Å². The fourth-order valence-corrected chi connectivity index (χ4v) is 1.83. The lowest BCUT2D eigenvalue weighted by molar-refractivity contribution is -0.138. The highest BCUT2D eigenvalue weighted by Gasteiger charge is 2.23. The SMILES string of the molecule is Cc1cc(O)c(O)c(Cl)c1C(C)C(=O)O. The topological polar surface area (TPSA) is 77.8 Å². The number of carbonyl (C=O) groups is 1. The molecule has 5 heteroatoms. The molecule has 0 fully saturated rings. The Morgan fingerprint density at radius 2 is 2.00 bits per heavy atom. The number of benzene rings is 1. The van der Waals surface area contributed by atoms with Crippen molar-refractivity contribution < 1.29 is 20.1 Å². The maximum absolute atomic E-state index is 10.8. The van der Waals surface area contributed by atoms with E-state index in [9.17, 15) is 15.0 Å². The highest BCUT2D eigenvalue weighted by molar-refractivity contribution is 6.33. The first-order valence-corrected chi connectivity index (χ1v) is 4.67. The molecule has 1 atom stereocenters. The molecule has 3 N–H and O–H groups in total. The maximum Gasteiger partial charge on any atom is 0.310 e. The van der Waals surface area contributed by atoms with Crippen molar-refractivity contribution in [1.29, 1.82) is 0 Å². The van der Waals surface area contributed by atoms with Gasteiger partial charge in [-0.1, -0.05) is 11.6 Å². The Morgan fingerprint density at radius 1 is 1.47 bits per heavy atom. The number of carboxylic acid groups (broad SMARTS) is 1. The number of rotatable bonds is 2. The van der Waals surface area contributed by atoms with Crippen LogP contribution in [0.25, 0.3) is 0 Å². The summed E-state index contributed by atoms with van der Waals surface area (Å²) in [5, 5.41) is 27.3. The van der Waals surface area contributed by atoms with Crippen LogP contribution in [0.1, 0.15) is 24.0 Å². The number of aromatic hydroxyl groups is 2. The second-order valence-electron chi connectivity index (χ2n) is 3.35. The molecule has 0 bridgehead atoms. The van der Waals surface area contributed by atoms with Crippen molar-refractivity contribution in [2.24, 2.45) is 0 Å². The van der Waals surface area contributed by atoms with Gasteiger partial charge in [0, 0.05) is 0 Å². The lowest BCUT2D eigenvalue weighted by Gasteiger charge is -2.14. The summed E-state index contributed by atoms with van der Waals surface area (Å²) >= 11 is 5.77.